The molecule has 0 aromatic heterocycles. The van der Waals surface area contributed by atoms with Crippen molar-refractivity contribution >= 4 is 23.7 Å². The van der Waals surface area contributed by atoms with Crippen molar-refractivity contribution in [2.75, 3.05) is 19.6 Å². The molecular formula is C14H20N2O5. The second-order valence-electron chi connectivity index (χ2n) is 5.63. The summed E-state index contributed by atoms with van der Waals surface area (Å²) in [5, 5.41) is 8.81. The number of carbonyl (C=O) groups excluding carboxylic acids is 3. The topological polar surface area (TPSA) is 95.0 Å². The summed E-state index contributed by atoms with van der Waals surface area (Å²) in [6.07, 6.45) is 2.28. The molecule has 0 spiro atoms. The average molecular weight is 296 g/mol. The van der Waals surface area contributed by atoms with Gasteiger partial charge in [-0.05, 0) is 18.8 Å². The zero-order valence-electron chi connectivity index (χ0n) is 11.9. The molecule has 7 heteroatoms. The molecule has 2 rings (SSSR count). The second-order valence-corrected chi connectivity index (χ2v) is 5.63. The molecule has 3 amide bonds. The summed E-state index contributed by atoms with van der Waals surface area (Å²) in [4.78, 5) is 48.6. The summed E-state index contributed by atoms with van der Waals surface area (Å²) in [5.74, 6) is -1.39. The molecule has 0 bridgehead atoms. The highest BCUT2D eigenvalue weighted by Gasteiger charge is 2.30. The van der Waals surface area contributed by atoms with Crippen LogP contribution in [0.25, 0.3) is 0 Å². The molecule has 2 aliphatic rings. The van der Waals surface area contributed by atoms with E-state index in [4.69, 9.17) is 5.11 Å². The molecule has 21 heavy (non-hydrogen) atoms. The van der Waals surface area contributed by atoms with E-state index in [-0.39, 0.29) is 55.9 Å². The lowest BCUT2D eigenvalue weighted by Gasteiger charge is -2.32. The van der Waals surface area contributed by atoms with E-state index >= 15 is 0 Å². The van der Waals surface area contributed by atoms with E-state index in [2.05, 4.69) is 0 Å². The third-order valence-electron chi connectivity index (χ3n) is 4.04. The van der Waals surface area contributed by atoms with E-state index in [9.17, 15) is 19.2 Å². The van der Waals surface area contributed by atoms with Gasteiger partial charge in [-0.25, -0.2) is 0 Å². The smallest absolute Gasteiger partial charge is 0.303 e. The summed E-state index contributed by atoms with van der Waals surface area (Å²) in [5.41, 5.74) is 0. The summed E-state index contributed by atoms with van der Waals surface area (Å²) >= 11 is 0. The van der Waals surface area contributed by atoms with Gasteiger partial charge in [-0.2, -0.15) is 0 Å². The summed E-state index contributed by atoms with van der Waals surface area (Å²) in [7, 11) is 0. The van der Waals surface area contributed by atoms with Gasteiger partial charge in [0, 0.05) is 45.3 Å². The fourth-order valence-electron chi connectivity index (χ4n) is 2.94. The molecule has 0 aliphatic carbocycles. The molecule has 0 saturated carbocycles. The molecule has 1 N–H and O–H groups in total. The first kappa shape index (κ1) is 15.5. The zero-order valence-corrected chi connectivity index (χ0v) is 11.9. The van der Waals surface area contributed by atoms with E-state index in [0.717, 1.165) is 17.7 Å². The Morgan fingerprint density at radius 1 is 1.19 bits per heavy atom. The van der Waals surface area contributed by atoms with Crippen LogP contribution in [0.3, 0.4) is 0 Å². The number of likely N-dealkylation sites (tertiary alicyclic amines) is 2. The van der Waals surface area contributed by atoms with Crippen molar-refractivity contribution in [2.24, 2.45) is 5.92 Å². The van der Waals surface area contributed by atoms with E-state index < -0.39 is 5.97 Å². The number of nitrogens with zero attached hydrogens (tertiary/aromatic N) is 2. The number of piperidine rings is 1. The summed E-state index contributed by atoms with van der Waals surface area (Å²) in [6.45, 7) is 1.21. The fourth-order valence-corrected chi connectivity index (χ4v) is 2.94. The van der Waals surface area contributed by atoms with Crippen LogP contribution in [0.2, 0.25) is 0 Å². The number of imide groups is 1. The first-order valence-electron chi connectivity index (χ1n) is 7.30. The van der Waals surface area contributed by atoms with Gasteiger partial charge in [0.1, 0.15) is 0 Å². The van der Waals surface area contributed by atoms with E-state index in [1.807, 2.05) is 0 Å². The lowest BCUT2D eigenvalue weighted by atomic mass is 9.94. The molecule has 0 aromatic rings. The number of hydrogen-bond donors (Lipinski definition) is 1. The van der Waals surface area contributed by atoms with Crippen molar-refractivity contribution in [3.63, 3.8) is 0 Å². The molecule has 7 nitrogen and oxygen atoms in total. The van der Waals surface area contributed by atoms with Crippen molar-refractivity contribution in [2.45, 2.75) is 38.5 Å². The maximum Gasteiger partial charge on any atom is 0.303 e. The van der Waals surface area contributed by atoms with E-state index in [1.54, 1.807) is 4.90 Å². The van der Waals surface area contributed by atoms with Gasteiger partial charge in [-0.1, -0.05) is 0 Å². The Morgan fingerprint density at radius 3 is 2.48 bits per heavy atom. The minimum absolute atomic E-state index is 0.00440. The van der Waals surface area contributed by atoms with E-state index in [1.165, 1.54) is 0 Å². The van der Waals surface area contributed by atoms with Crippen LogP contribution in [-0.2, 0) is 19.2 Å². The Bertz CT molecular complexity index is 446. The van der Waals surface area contributed by atoms with Gasteiger partial charge >= 0.3 is 5.97 Å². The molecule has 116 valence electrons. The maximum absolute atomic E-state index is 12.1. The molecule has 1 atom stereocenters. The highest BCUT2D eigenvalue weighted by molar-refractivity contribution is 6.02. The summed E-state index contributed by atoms with van der Waals surface area (Å²) < 4.78 is 0. The molecule has 0 aromatic carbocycles. The van der Waals surface area contributed by atoms with Crippen LogP contribution in [0, 0.1) is 5.92 Å². The molecule has 2 fully saturated rings. The molecule has 1 unspecified atom stereocenters. The van der Waals surface area contributed by atoms with Crippen molar-refractivity contribution < 1.29 is 24.3 Å². The predicted octanol–water partition coefficient (Wildman–Crippen LogP) is 0.239. The number of carboxylic acid groups (broad SMARTS) is 1. The minimum atomic E-state index is -0.845. The number of amides is 3. The Hall–Kier alpha value is -1.92. The molecule has 2 aliphatic heterocycles. The third kappa shape index (κ3) is 4.03. The van der Waals surface area contributed by atoms with Gasteiger partial charge in [0.25, 0.3) is 0 Å². The Balaban J connectivity index is 1.81. The number of rotatable bonds is 5. The second kappa shape index (κ2) is 6.69. The van der Waals surface area contributed by atoms with Crippen molar-refractivity contribution in [3.05, 3.63) is 0 Å². The molecule has 2 heterocycles. The van der Waals surface area contributed by atoms with Gasteiger partial charge in [-0.3, -0.25) is 24.1 Å². The standard InChI is InChI=1S/C14H20N2O5/c17-11(5-7-16-12(18)3-4-13(16)19)15-6-1-2-10(9-15)8-14(20)21/h10H,1-9H2,(H,20,21). The van der Waals surface area contributed by atoms with Crippen LogP contribution in [0.4, 0.5) is 0 Å². The van der Waals surface area contributed by atoms with Crippen molar-refractivity contribution in [3.8, 4) is 0 Å². The van der Waals surface area contributed by atoms with Gasteiger partial charge in [0.05, 0.1) is 0 Å². The number of carbonyl (C=O) groups is 4. The van der Waals surface area contributed by atoms with Gasteiger partial charge in [-0.15, -0.1) is 0 Å². The number of hydrogen-bond acceptors (Lipinski definition) is 4. The largest absolute Gasteiger partial charge is 0.481 e. The molecular weight excluding hydrogens is 276 g/mol. The first-order valence-corrected chi connectivity index (χ1v) is 7.30. The Kier molecular flexibility index (Phi) is 4.93. The fraction of sp³-hybridized carbons (Fsp3) is 0.714. The SMILES string of the molecule is O=C(O)CC1CCCN(C(=O)CCN2C(=O)CCC2=O)C1. The first-order chi connectivity index (χ1) is 9.97. The highest BCUT2D eigenvalue weighted by atomic mass is 16.4. The van der Waals surface area contributed by atoms with Gasteiger partial charge in [0.15, 0.2) is 0 Å². The molecule has 0 radical (unpaired) electrons. The predicted molar refractivity (Wildman–Crippen MR) is 72.1 cm³/mol. The number of carboxylic acids is 1. The monoisotopic (exact) mass is 296 g/mol. The van der Waals surface area contributed by atoms with Crippen LogP contribution >= 0.6 is 0 Å². The zero-order chi connectivity index (χ0) is 15.4. The van der Waals surface area contributed by atoms with Gasteiger partial charge in [0.2, 0.25) is 17.7 Å². The van der Waals surface area contributed by atoms with Crippen molar-refractivity contribution in [1.29, 1.82) is 0 Å². The lowest BCUT2D eigenvalue weighted by Crippen LogP contribution is -2.42. The van der Waals surface area contributed by atoms with Crippen LogP contribution in [0.15, 0.2) is 0 Å². The van der Waals surface area contributed by atoms with Crippen LogP contribution < -0.4 is 0 Å². The summed E-state index contributed by atoms with van der Waals surface area (Å²) in [6, 6.07) is 0. The Labute approximate surface area is 122 Å². The molecule has 2 saturated heterocycles. The van der Waals surface area contributed by atoms with Crippen LogP contribution in [0.1, 0.15) is 38.5 Å². The van der Waals surface area contributed by atoms with Gasteiger partial charge < -0.3 is 10.0 Å². The van der Waals surface area contributed by atoms with Crippen molar-refractivity contribution in [1.82, 2.24) is 9.80 Å². The normalized spacial score (nSPS) is 22.8. The maximum atomic E-state index is 12.1. The number of aliphatic carboxylic acids is 1. The third-order valence-corrected chi connectivity index (χ3v) is 4.04. The quantitative estimate of drug-likeness (QED) is 0.733. The van der Waals surface area contributed by atoms with E-state index in [0.29, 0.717) is 13.1 Å². The lowest BCUT2D eigenvalue weighted by molar-refractivity contribution is -0.142. The van der Waals surface area contributed by atoms with Crippen LogP contribution in [-0.4, -0.2) is 58.2 Å². The average Bonchev–Trinajstić information content (AvgIpc) is 2.75. The highest BCUT2D eigenvalue weighted by Crippen LogP contribution is 2.20. The van der Waals surface area contributed by atoms with Crippen LogP contribution in [0.5, 0.6) is 0 Å². The minimum Gasteiger partial charge on any atom is -0.481 e. The Morgan fingerprint density at radius 2 is 1.86 bits per heavy atom.